The number of hydrogen-bond donors (Lipinski definition) is 1. The minimum absolute atomic E-state index is 0.0738. The molecule has 1 aliphatic heterocycles. The van der Waals surface area contributed by atoms with Gasteiger partial charge in [-0.2, -0.15) is 0 Å². The van der Waals surface area contributed by atoms with Gasteiger partial charge in [0, 0.05) is 19.2 Å². The molecule has 0 aromatic heterocycles. The highest BCUT2D eigenvalue weighted by atomic mass is 35.5. The van der Waals surface area contributed by atoms with Gasteiger partial charge in [-0.15, -0.1) is 0 Å². The standard InChI is InChI=1S/C20H17ClN2O3/c1-13(24)22-16-9-7-15(8-10-16)17-18(21)20(26)23(19(17)25)12-11-14-5-3-2-4-6-14/h2-10H,11-12H2,1H3,(H,22,24). The molecule has 5 nitrogen and oxygen atoms in total. The van der Waals surface area contributed by atoms with Gasteiger partial charge in [-0.3, -0.25) is 19.3 Å². The highest BCUT2D eigenvalue weighted by Crippen LogP contribution is 2.32. The molecule has 1 aliphatic rings. The summed E-state index contributed by atoms with van der Waals surface area (Å²) in [5.41, 5.74) is 2.39. The second-order valence-corrected chi connectivity index (χ2v) is 6.32. The van der Waals surface area contributed by atoms with E-state index in [-0.39, 0.29) is 23.1 Å². The molecule has 0 radical (unpaired) electrons. The van der Waals surface area contributed by atoms with Crippen molar-refractivity contribution < 1.29 is 14.4 Å². The van der Waals surface area contributed by atoms with Gasteiger partial charge in [0.1, 0.15) is 5.03 Å². The van der Waals surface area contributed by atoms with Crippen molar-refractivity contribution in [3.63, 3.8) is 0 Å². The van der Waals surface area contributed by atoms with Gasteiger partial charge in [-0.1, -0.05) is 54.1 Å². The van der Waals surface area contributed by atoms with E-state index in [1.54, 1.807) is 24.3 Å². The maximum Gasteiger partial charge on any atom is 0.273 e. The molecule has 0 saturated heterocycles. The number of nitrogens with one attached hydrogen (secondary N) is 1. The Morgan fingerprint density at radius 1 is 1.00 bits per heavy atom. The third-order valence-corrected chi connectivity index (χ3v) is 4.42. The molecule has 2 aromatic carbocycles. The normalized spacial score (nSPS) is 14.2. The second-order valence-electron chi connectivity index (χ2n) is 5.95. The van der Waals surface area contributed by atoms with Gasteiger partial charge in [-0.05, 0) is 29.7 Å². The molecule has 2 aromatic rings. The lowest BCUT2D eigenvalue weighted by Gasteiger charge is -2.14. The summed E-state index contributed by atoms with van der Waals surface area (Å²) in [5, 5.41) is 2.58. The number of imide groups is 1. The van der Waals surface area contributed by atoms with Crippen LogP contribution in [0.5, 0.6) is 0 Å². The summed E-state index contributed by atoms with van der Waals surface area (Å²) in [6, 6.07) is 16.3. The monoisotopic (exact) mass is 368 g/mol. The summed E-state index contributed by atoms with van der Waals surface area (Å²) in [7, 11) is 0. The first-order chi connectivity index (χ1) is 12.5. The summed E-state index contributed by atoms with van der Waals surface area (Å²) in [5.74, 6) is -1.06. The zero-order chi connectivity index (χ0) is 18.7. The maximum atomic E-state index is 12.7. The van der Waals surface area contributed by atoms with Gasteiger partial charge in [0.2, 0.25) is 5.91 Å². The SMILES string of the molecule is CC(=O)Nc1ccc(C2=C(Cl)C(=O)N(CCc3ccccc3)C2=O)cc1. The number of benzene rings is 2. The molecular weight excluding hydrogens is 352 g/mol. The fourth-order valence-corrected chi connectivity index (χ4v) is 3.10. The van der Waals surface area contributed by atoms with Crippen LogP contribution in [0.15, 0.2) is 59.6 Å². The minimum Gasteiger partial charge on any atom is -0.326 e. The van der Waals surface area contributed by atoms with E-state index in [9.17, 15) is 14.4 Å². The van der Waals surface area contributed by atoms with Crippen LogP contribution in [-0.2, 0) is 20.8 Å². The Kier molecular flexibility index (Phi) is 5.19. The Balaban J connectivity index is 1.77. The third-order valence-electron chi connectivity index (χ3n) is 4.07. The van der Waals surface area contributed by atoms with Crippen LogP contribution in [0.3, 0.4) is 0 Å². The molecule has 0 saturated carbocycles. The molecular formula is C20H17ClN2O3. The molecule has 132 valence electrons. The van der Waals surface area contributed by atoms with Crippen molar-refractivity contribution in [2.75, 3.05) is 11.9 Å². The van der Waals surface area contributed by atoms with Gasteiger partial charge < -0.3 is 5.32 Å². The summed E-state index contributed by atoms with van der Waals surface area (Å²) in [6.45, 7) is 1.68. The van der Waals surface area contributed by atoms with Crippen LogP contribution in [0.1, 0.15) is 18.1 Å². The summed E-state index contributed by atoms with van der Waals surface area (Å²) in [6.07, 6.45) is 0.567. The number of anilines is 1. The van der Waals surface area contributed by atoms with Gasteiger partial charge in [0.25, 0.3) is 11.8 Å². The van der Waals surface area contributed by atoms with Crippen LogP contribution in [0.25, 0.3) is 5.57 Å². The molecule has 0 fully saturated rings. The summed E-state index contributed by atoms with van der Waals surface area (Å²) < 4.78 is 0. The van der Waals surface area contributed by atoms with Crippen molar-refractivity contribution in [3.8, 4) is 0 Å². The Labute approximate surface area is 156 Å². The Morgan fingerprint density at radius 2 is 1.65 bits per heavy atom. The van der Waals surface area contributed by atoms with E-state index in [4.69, 9.17) is 11.6 Å². The molecule has 1 N–H and O–H groups in total. The molecule has 3 rings (SSSR count). The molecule has 0 spiro atoms. The number of hydrogen-bond acceptors (Lipinski definition) is 3. The van der Waals surface area contributed by atoms with E-state index >= 15 is 0 Å². The van der Waals surface area contributed by atoms with Crippen LogP contribution >= 0.6 is 11.6 Å². The lowest BCUT2D eigenvalue weighted by atomic mass is 10.1. The van der Waals surface area contributed by atoms with E-state index < -0.39 is 11.8 Å². The largest absolute Gasteiger partial charge is 0.326 e. The molecule has 3 amide bonds. The van der Waals surface area contributed by atoms with Crippen LogP contribution in [0, 0.1) is 0 Å². The molecule has 1 heterocycles. The van der Waals surface area contributed by atoms with Gasteiger partial charge >= 0.3 is 0 Å². The van der Waals surface area contributed by atoms with Crippen LogP contribution in [-0.4, -0.2) is 29.2 Å². The quantitative estimate of drug-likeness (QED) is 0.824. The van der Waals surface area contributed by atoms with E-state index in [0.29, 0.717) is 17.7 Å². The van der Waals surface area contributed by atoms with Gasteiger partial charge in [0.05, 0.1) is 5.57 Å². The topological polar surface area (TPSA) is 66.5 Å². The predicted molar refractivity (Wildman–Crippen MR) is 100 cm³/mol. The average molecular weight is 369 g/mol. The van der Waals surface area contributed by atoms with Crippen molar-refractivity contribution in [2.24, 2.45) is 0 Å². The first-order valence-corrected chi connectivity index (χ1v) is 8.53. The van der Waals surface area contributed by atoms with Crippen LogP contribution in [0.4, 0.5) is 5.69 Å². The number of nitrogens with zero attached hydrogens (tertiary/aromatic N) is 1. The number of carbonyl (C=O) groups is 3. The smallest absolute Gasteiger partial charge is 0.273 e. The summed E-state index contributed by atoms with van der Waals surface area (Å²) >= 11 is 6.16. The van der Waals surface area contributed by atoms with E-state index in [0.717, 1.165) is 5.56 Å². The molecule has 26 heavy (non-hydrogen) atoms. The zero-order valence-electron chi connectivity index (χ0n) is 14.2. The van der Waals surface area contributed by atoms with E-state index in [1.165, 1.54) is 11.8 Å². The molecule has 0 bridgehead atoms. The lowest BCUT2D eigenvalue weighted by molar-refractivity contribution is -0.136. The first-order valence-electron chi connectivity index (χ1n) is 8.15. The molecule has 6 heteroatoms. The van der Waals surface area contributed by atoms with Gasteiger partial charge in [-0.25, -0.2) is 0 Å². The van der Waals surface area contributed by atoms with E-state index in [1.807, 2.05) is 30.3 Å². The van der Waals surface area contributed by atoms with Crippen molar-refractivity contribution in [1.82, 2.24) is 4.90 Å². The number of carbonyl (C=O) groups excluding carboxylic acids is 3. The highest BCUT2D eigenvalue weighted by molar-refractivity contribution is 6.55. The van der Waals surface area contributed by atoms with Crippen molar-refractivity contribution in [3.05, 3.63) is 70.8 Å². The lowest BCUT2D eigenvalue weighted by Crippen LogP contribution is -2.33. The van der Waals surface area contributed by atoms with E-state index in [2.05, 4.69) is 5.32 Å². The molecule has 0 atom stereocenters. The van der Waals surface area contributed by atoms with Crippen LogP contribution < -0.4 is 5.32 Å². The second kappa shape index (κ2) is 7.54. The number of halogens is 1. The number of rotatable bonds is 5. The highest BCUT2D eigenvalue weighted by Gasteiger charge is 2.37. The summed E-state index contributed by atoms with van der Waals surface area (Å²) in [4.78, 5) is 37.4. The van der Waals surface area contributed by atoms with Crippen molar-refractivity contribution in [2.45, 2.75) is 13.3 Å². The Morgan fingerprint density at radius 3 is 2.27 bits per heavy atom. The molecule has 0 aliphatic carbocycles. The Hall–Kier alpha value is -2.92. The van der Waals surface area contributed by atoms with Crippen LogP contribution in [0.2, 0.25) is 0 Å². The Bertz CT molecular complexity index is 889. The first kappa shape index (κ1) is 17.9. The number of amides is 3. The maximum absolute atomic E-state index is 12.7. The third kappa shape index (κ3) is 3.68. The van der Waals surface area contributed by atoms with Crippen molar-refractivity contribution >= 4 is 40.6 Å². The fourth-order valence-electron chi connectivity index (χ4n) is 2.81. The fraction of sp³-hybridized carbons (Fsp3) is 0.150. The van der Waals surface area contributed by atoms with Crippen molar-refractivity contribution in [1.29, 1.82) is 0 Å². The average Bonchev–Trinajstić information content (AvgIpc) is 2.84. The van der Waals surface area contributed by atoms with Gasteiger partial charge in [0.15, 0.2) is 0 Å². The zero-order valence-corrected chi connectivity index (χ0v) is 14.9. The minimum atomic E-state index is -0.478. The molecule has 0 unspecified atom stereocenters. The predicted octanol–water partition coefficient (Wildman–Crippen LogP) is 3.21.